The Kier molecular flexibility index (Phi) is 1.64. The average Bonchev–Trinajstić information content (AvgIpc) is 2.93. The molecule has 0 spiro atoms. The largest absolute Gasteiger partial charge is 0.390 e. The lowest BCUT2D eigenvalue weighted by Crippen LogP contribution is -2.64. The second-order valence-corrected chi connectivity index (χ2v) is 8.13. The summed E-state index contributed by atoms with van der Waals surface area (Å²) < 4.78 is 57.9. The van der Waals surface area contributed by atoms with Crippen molar-refractivity contribution in [1.29, 1.82) is 5.26 Å². The number of carbonyl (C=O) groups excluding carboxylic acids is 1. The zero-order chi connectivity index (χ0) is 22.3. The monoisotopic (exact) mass is 322 g/mol. The Labute approximate surface area is 146 Å². The number of fused-ring (bicyclic) bond motifs is 1. The van der Waals surface area contributed by atoms with Crippen molar-refractivity contribution >= 4 is 5.91 Å². The maximum atomic E-state index is 13.6. The summed E-state index contributed by atoms with van der Waals surface area (Å²) in [5.41, 5.74) is 4.68. The summed E-state index contributed by atoms with van der Waals surface area (Å²) in [4.78, 5) is 13.9. The molecule has 5 nitrogen and oxygen atoms in total. The highest BCUT2D eigenvalue weighted by Gasteiger charge is 2.62. The van der Waals surface area contributed by atoms with E-state index < -0.39 is 53.6 Å². The van der Waals surface area contributed by atoms with Gasteiger partial charge in [-0.25, -0.2) is 0 Å². The van der Waals surface area contributed by atoms with Crippen molar-refractivity contribution in [3.8, 4) is 6.07 Å². The normalized spacial score (nSPS) is 72.2. The van der Waals surface area contributed by atoms with E-state index in [4.69, 9.17) is 15.3 Å². The van der Waals surface area contributed by atoms with Crippen LogP contribution < -0.4 is 5.73 Å². The van der Waals surface area contributed by atoms with Gasteiger partial charge in [0.1, 0.15) is 6.02 Å². The van der Waals surface area contributed by atoms with Gasteiger partial charge in [0.15, 0.2) is 0 Å². The maximum absolute atomic E-state index is 13.6. The van der Waals surface area contributed by atoms with Gasteiger partial charge in [0, 0.05) is 12.9 Å². The molecule has 23 heavy (non-hydrogen) atoms. The second kappa shape index (κ2) is 4.29. The Morgan fingerprint density at radius 3 is 2.70 bits per heavy atom. The van der Waals surface area contributed by atoms with Crippen molar-refractivity contribution in [2.75, 3.05) is 0 Å². The van der Waals surface area contributed by atoms with Crippen LogP contribution >= 0.6 is 0 Å². The van der Waals surface area contributed by atoms with Crippen molar-refractivity contribution in [3.63, 3.8) is 0 Å². The second-order valence-electron chi connectivity index (χ2n) is 8.13. The van der Waals surface area contributed by atoms with E-state index in [0.29, 0.717) is 30.6 Å². The Hall–Kier alpha value is -1.12. The molecule has 5 heteroatoms. The smallest absolute Gasteiger partial charge is 0.241 e. The lowest BCUT2D eigenvalue weighted by molar-refractivity contribution is -0.177. The predicted molar refractivity (Wildman–Crippen MR) is 82.8 cm³/mol. The minimum atomic E-state index is -3.10. The highest BCUT2D eigenvalue weighted by molar-refractivity contribution is 5.84. The van der Waals surface area contributed by atoms with Gasteiger partial charge in [-0.1, -0.05) is 0 Å². The zero-order valence-electron chi connectivity index (χ0n) is 19.8. The lowest BCUT2D eigenvalue weighted by atomic mass is 9.46. The molecule has 6 rings (SSSR count). The summed E-state index contributed by atoms with van der Waals surface area (Å²) in [6.45, 7) is 0. The van der Waals surface area contributed by atoms with E-state index in [2.05, 4.69) is 0 Å². The topological polar surface area (TPSA) is 90.3 Å². The molecule has 0 aromatic carbocycles. The summed E-state index contributed by atoms with van der Waals surface area (Å²) in [6.07, 6.45) is -2.20. The van der Waals surface area contributed by atoms with Gasteiger partial charge in [-0.3, -0.25) is 4.79 Å². The Bertz CT molecular complexity index is 895. The van der Waals surface area contributed by atoms with E-state index in [1.165, 1.54) is 6.07 Å². The first-order chi connectivity index (χ1) is 13.6. The van der Waals surface area contributed by atoms with Crippen LogP contribution in [0.3, 0.4) is 0 Å². The molecule has 1 heterocycles. The quantitative estimate of drug-likeness (QED) is 0.798. The Morgan fingerprint density at radius 1 is 1.39 bits per heavy atom. The van der Waals surface area contributed by atoms with Crippen molar-refractivity contribution in [2.45, 2.75) is 74.9 Å². The molecule has 1 amide bonds. The van der Waals surface area contributed by atoms with Crippen molar-refractivity contribution in [3.05, 3.63) is 0 Å². The van der Waals surface area contributed by atoms with E-state index in [-0.39, 0.29) is 18.3 Å². The highest BCUT2D eigenvalue weighted by atomic mass is 16.3. The molecule has 4 bridgehead atoms. The summed E-state index contributed by atoms with van der Waals surface area (Å²) in [5, 5.41) is 20.6. The zero-order valence-corrected chi connectivity index (χ0v) is 12.8. The molecule has 2 unspecified atom stereocenters. The number of hydrogen-bond acceptors (Lipinski definition) is 4. The van der Waals surface area contributed by atoms with Gasteiger partial charge in [0.2, 0.25) is 5.91 Å². The highest BCUT2D eigenvalue weighted by Crippen LogP contribution is 2.63. The number of rotatable bonds is 2. The van der Waals surface area contributed by atoms with Crippen LogP contribution in [0.5, 0.6) is 0 Å². The molecule has 0 aromatic rings. The third-order valence-corrected chi connectivity index (χ3v) is 6.44. The van der Waals surface area contributed by atoms with Crippen LogP contribution in [-0.2, 0) is 4.79 Å². The van der Waals surface area contributed by atoms with E-state index in [1.54, 1.807) is 0 Å². The van der Waals surface area contributed by atoms with Gasteiger partial charge in [-0.15, -0.1) is 0 Å². The Balaban J connectivity index is 1.57. The number of carbonyl (C=O) groups is 1. The summed E-state index contributed by atoms with van der Waals surface area (Å²) in [6, 6.07) is -5.56. The minimum Gasteiger partial charge on any atom is -0.390 e. The van der Waals surface area contributed by atoms with Crippen molar-refractivity contribution in [1.82, 2.24) is 4.90 Å². The van der Waals surface area contributed by atoms with Crippen LogP contribution in [0.15, 0.2) is 0 Å². The van der Waals surface area contributed by atoms with E-state index >= 15 is 0 Å². The molecule has 6 aliphatic rings. The molecular formula is C18H25N3O2. The fourth-order valence-corrected chi connectivity index (χ4v) is 5.98. The van der Waals surface area contributed by atoms with E-state index in [9.17, 15) is 15.2 Å². The SMILES string of the molecule is [2H]C1([2H])[C@]2([2H])C([2H])([2H])[C@]2([2H])N(C(=O)[C@@H](N)C23CC4CC(CC(O)(C4)C2)C3)[C@]1([2H])C#N. The molecule has 3 N–H and O–H groups in total. The number of nitrogens with zero attached hydrogens (tertiary/aromatic N) is 2. The number of piperidine rings is 1. The molecular weight excluding hydrogens is 290 g/mol. The van der Waals surface area contributed by atoms with Gasteiger partial charge in [0.05, 0.1) is 20.5 Å². The molecule has 5 aliphatic carbocycles. The van der Waals surface area contributed by atoms with Gasteiger partial charge < -0.3 is 15.7 Å². The predicted octanol–water partition coefficient (Wildman–Crippen LogP) is 1.16. The summed E-state index contributed by atoms with van der Waals surface area (Å²) in [7, 11) is 0. The van der Waals surface area contributed by atoms with Crippen LogP contribution in [0.4, 0.5) is 0 Å². The molecule has 1 aliphatic heterocycles. The van der Waals surface area contributed by atoms with Gasteiger partial charge >= 0.3 is 0 Å². The first-order valence-electron chi connectivity index (χ1n) is 11.8. The maximum Gasteiger partial charge on any atom is 0.241 e. The van der Waals surface area contributed by atoms with Crippen molar-refractivity contribution < 1.29 is 19.5 Å². The molecule has 5 saturated carbocycles. The minimum absolute atomic E-state index is 0.199. The first-order valence-corrected chi connectivity index (χ1v) is 8.30. The standard InChI is InChI=1S/C18H25N3O2/c19-8-13-2-12-3-14(12)21(13)16(22)15(20)17-4-10-1-11(5-17)7-18(23,6-10)9-17/h10-15,23H,1-7,9,20H2/t10?,11?,12-,13+,14+,15-,17?,18?/m1/s1/i2D2,3D2,12D,13D,14D. The van der Waals surface area contributed by atoms with Crippen LogP contribution in [0.1, 0.15) is 60.9 Å². The molecule has 0 aromatic heterocycles. The molecule has 6 fully saturated rings. The average molecular weight is 322 g/mol. The number of hydrogen-bond donors (Lipinski definition) is 2. The summed E-state index contributed by atoms with van der Waals surface area (Å²) >= 11 is 0. The van der Waals surface area contributed by atoms with E-state index in [0.717, 1.165) is 6.42 Å². The van der Waals surface area contributed by atoms with Gasteiger partial charge in [-0.05, 0) is 74.4 Å². The van der Waals surface area contributed by atoms with Crippen LogP contribution in [-0.4, -0.2) is 39.6 Å². The van der Waals surface area contributed by atoms with Crippen LogP contribution in [0.2, 0.25) is 0 Å². The van der Waals surface area contributed by atoms with Gasteiger partial charge in [0.25, 0.3) is 0 Å². The lowest BCUT2D eigenvalue weighted by Gasteiger charge is -2.61. The number of nitriles is 1. The first kappa shape index (κ1) is 8.82. The van der Waals surface area contributed by atoms with Gasteiger partial charge in [-0.2, -0.15) is 5.26 Å². The number of nitrogens with two attached hydrogens (primary N) is 1. The molecule has 0 radical (unpaired) electrons. The number of aliphatic hydroxyl groups is 1. The number of amides is 1. The third kappa shape index (κ3) is 1.88. The summed E-state index contributed by atoms with van der Waals surface area (Å²) in [5.74, 6) is -3.43. The van der Waals surface area contributed by atoms with Crippen LogP contribution in [0, 0.1) is 34.5 Å². The van der Waals surface area contributed by atoms with Crippen molar-refractivity contribution in [2.24, 2.45) is 28.9 Å². The fraction of sp³-hybridized carbons (Fsp3) is 0.889. The third-order valence-electron chi connectivity index (χ3n) is 6.44. The fourth-order valence-electron chi connectivity index (χ4n) is 5.98. The van der Waals surface area contributed by atoms with E-state index in [1.807, 2.05) is 0 Å². The number of likely N-dealkylation sites (tertiary alicyclic amines) is 1. The molecule has 124 valence electrons. The Morgan fingerprint density at radius 2 is 2.09 bits per heavy atom. The molecule has 6 atom stereocenters. The van der Waals surface area contributed by atoms with Crippen LogP contribution in [0.25, 0.3) is 0 Å². The molecule has 1 saturated heterocycles.